The predicted molar refractivity (Wildman–Crippen MR) is 76.3 cm³/mol. The van der Waals surface area contributed by atoms with Crippen molar-refractivity contribution >= 4 is 5.91 Å². The van der Waals surface area contributed by atoms with Gasteiger partial charge in [-0.3, -0.25) is 4.79 Å². The Hall–Kier alpha value is -1.49. The van der Waals surface area contributed by atoms with Gasteiger partial charge in [-0.05, 0) is 55.4 Å². The molecule has 3 aliphatic rings. The standard InChI is InChI=1S/C17H19F2NO2/c18-11-2-3-15(19)13(8-11)12-9-14(12)16(21)20-6-5-17(10-20)4-1-7-22-17/h2-3,8,12,14H,1,4-7,9-10H2/t12-,14+,17?/m0/s1. The van der Waals surface area contributed by atoms with Crippen molar-refractivity contribution in [3.05, 3.63) is 35.4 Å². The number of ether oxygens (including phenoxy) is 1. The fourth-order valence-electron chi connectivity index (χ4n) is 3.95. The number of nitrogens with zero attached hydrogens (tertiary/aromatic N) is 1. The largest absolute Gasteiger partial charge is 0.373 e. The second-order valence-electron chi connectivity index (χ2n) is 6.76. The van der Waals surface area contributed by atoms with Crippen LogP contribution < -0.4 is 0 Å². The van der Waals surface area contributed by atoms with Crippen molar-refractivity contribution in [2.24, 2.45) is 5.92 Å². The summed E-state index contributed by atoms with van der Waals surface area (Å²) in [6.07, 6.45) is 3.58. The molecule has 3 nitrogen and oxygen atoms in total. The molecule has 0 bridgehead atoms. The monoisotopic (exact) mass is 307 g/mol. The van der Waals surface area contributed by atoms with Crippen molar-refractivity contribution in [2.75, 3.05) is 19.7 Å². The summed E-state index contributed by atoms with van der Waals surface area (Å²) in [5.41, 5.74) is 0.203. The number of amides is 1. The van der Waals surface area contributed by atoms with E-state index in [0.717, 1.165) is 38.0 Å². The summed E-state index contributed by atoms with van der Waals surface area (Å²) in [6, 6.07) is 3.47. The third-order valence-corrected chi connectivity index (χ3v) is 5.28. The van der Waals surface area contributed by atoms with Crippen molar-refractivity contribution in [3.8, 4) is 0 Å². The molecule has 1 spiro atoms. The Balaban J connectivity index is 1.44. The van der Waals surface area contributed by atoms with Gasteiger partial charge in [-0.2, -0.15) is 0 Å². The summed E-state index contributed by atoms with van der Waals surface area (Å²) in [7, 11) is 0. The molecule has 2 heterocycles. The molecule has 0 N–H and O–H groups in total. The van der Waals surface area contributed by atoms with E-state index in [4.69, 9.17) is 4.74 Å². The average molecular weight is 307 g/mol. The molecular formula is C17H19F2NO2. The summed E-state index contributed by atoms with van der Waals surface area (Å²) < 4.78 is 32.9. The van der Waals surface area contributed by atoms with Gasteiger partial charge in [0.1, 0.15) is 11.6 Å². The molecule has 1 amide bonds. The predicted octanol–water partition coefficient (Wildman–Crippen LogP) is 2.85. The zero-order chi connectivity index (χ0) is 15.3. The van der Waals surface area contributed by atoms with E-state index in [2.05, 4.69) is 0 Å². The maximum atomic E-state index is 13.8. The molecule has 0 radical (unpaired) electrons. The Morgan fingerprint density at radius 1 is 1.32 bits per heavy atom. The van der Waals surface area contributed by atoms with E-state index in [1.54, 1.807) is 0 Å². The lowest BCUT2D eigenvalue weighted by Crippen LogP contribution is -2.36. The summed E-state index contributed by atoms with van der Waals surface area (Å²) in [6.45, 7) is 2.15. The third kappa shape index (κ3) is 2.32. The van der Waals surface area contributed by atoms with E-state index in [0.29, 0.717) is 25.1 Å². The molecule has 1 aliphatic carbocycles. The average Bonchev–Trinajstić information content (AvgIpc) is 2.98. The van der Waals surface area contributed by atoms with Crippen LogP contribution in [0.1, 0.15) is 37.2 Å². The second kappa shape index (κ2) is 5.01. The van der Waals surface area contributed by atoms with Crippen LogP contribution in [0.25, 0.3) is 0 Å². The van der Waals surface area contributed by atoms with Crippen LogP contribution in [0, 0.1) is 17.6 Å². The van der Waals surface area contributed by atoms with E-state index in [9.17, 15) is 13.6 Å². The number of carbonyl (C=O) groups is 1. The number of halogens is 2. The highest BCUT2D eigenvalue weighted by Crippen LogP contribution is 2.50. The van der Waals surface area contributed by atoms with Crippen LogP contribution in [0.5, 0.6) is 0 Å². The third-order valence-electron chi connectivity index (χ3n) is 5.28. The minimum atomic E-state index is -0.450. The Morgan fingerprint density at radius 3 is 2.95 bits per heavy atom. The highest BCUT2D eigenvalue weighted by Gasteiger charge is 2.50. The lowest BCUT2D eigenvalue weighted by Gasteiger charge is -2.23. The topological polar surface area (TPSA) is 29.5 Å². The van der Waals surface area contributed by atoms with Gasteiger partial charge in [-0.15, -0.1) is 0 Å². The van der Waals surface area contributed by atoms with Gasteiger partial charge in [0, 0.05) is 25.6 Å². The van der Waals surface area contributed by atoms with Gasteiger partial charge in [0.2, 0.25) is 5.91 Å². The molecule has 2 saturated heterocycles. The van der Waals surface area contributed by atoms with Crippen LogP contribution in [0.2, 0.25) is 0 Å². The second-order valence-corrected chi connectivity index (χ2v) is 6.76. The van der Waals surface area contributed by atoms with Crippen LogP contribution in [-0.4, -0.2) is 36.1 Å². The first kappa shape index (κ1) is 14.1. The van der Waals surface area contributed by atoms with Crippen molar-refractivity contribution in [2.45, 2.75) is 37.2 Å². The van der Waals surface area contributed by atoms with Gasteiger partial charge < -0.3 is 9.64 Å². The van der Waals surface area contributed by atoms with Crippen molar-refractivity contribution in [1.29, 1.82) is 0 Å². The van der Waals surface area contributed by atoms with E-state index >= 15 is 0 Å². The molecule has 0 aromatic heterocycles. The maximum Gasteiger partial charge on any atom is 0.226 e. The van der Waals surface area contributed by atoms with E-state index < -0.39 is 11.6 Å². The van der Waals surface area contributed by atoms with E-state index in [1.165, 1.54) is 6.07 Å². The lowest BCUT2D eigenvalue weighted by atomic mass is 10.00. The van der Waals surface area contributed by atoms with Gasteiger partial charge in [0.05, 0.1) is 5.60 Å². The minimum absolute atomic E-state index is 0.0704. The van der Waals surface area contributed by atoms with Gasteiger partial charge >= 0.3 is 0 Å². The molecule has 4 rings (SSSR count). The zero-order valence-electron chi connectivity index (χ0n) is 12.4. The van der Waals surface area contributed by atoms with Crippen LogP contribution in [0.4, 0.5) is 8.78 Å². The molecule has 3 fully saturated rings. The molecule has 5 heteroatoms. The molecule has 1 aromatic rings. The molecule has 1 unspecified atom stereocenters. The number of benzene rings is 1. The molecule has 2 aliphatic heterocycles. The summed E-state index contributed by atoms with van der Waals surface area (Å²) in [5, 5.41) is 0. The molecular weight excluding hydrogens is 288 g/mol. The number of rotatable bonds is 2. The van der Waals surface area contributed by atoms with E-state index in [-0.39, 0.29) is 23.3 Å². The van der Waals surface area contributed by atoms with E-state index in [1.807, 2.05) is 4.90 Å². The van der Waals surface area contributed by atoms with Gasteiger partial charge in [-0.1, -0.05) is 0 Å². The fraction of sp³-hybridized carbons (Fsp3) is 0.588. The summed E-state index contributed by atoms with van der Waals surface area (Å²) in [4.78, 5) is 14.4. The molecule has 3 atom stereocenters. The normalized spacial score (nSPS) is 33.6. The Kier molecular flexibility index (Phi) is 3.22. The first-order valence-corrected chi connectivity index (χ1v) is 7.96. The van der Waals surface area contributed by atoms with Gasteiger partial charge in [-0.25, -0.2) is 8.78 Å². The highest BCUT2D eigenvalue weighted by molar-refractivity contribution is 5.83. The Labute approximate surface area is 128 Å². The minimum Gasteiger partial charge on any atom is -0.373 e. The van der Waals surface area contributed by atoms with Crippen LogP contribution in [-0.2, 0) is 9.53 Å². The summed E-state index contributed by atoms with van der Waals surface area (Å²) >= 11 is 0. The van der Waals surface area contributed by atoms with Gasteiger partial charge in [0.25, 0.3) is 0 Å². The number of likely N-dealkylation sites (tertiary alicyclic amines) is 1. The number of hydrogen-bond acceptors (Lipinski definition) is 2. The SMILES string of the molecule is O=C([C@@H]1C[C@H]1c1cc(F)ccc1F)N1CCC2(CCCO2)C1. The van der Waals surface area contributed by atoms with Crippen molar-refractivity contribution < 1.29 is 18.3 Å². The number of hydrogen-bond donors (Lipinski definition) is 0. The molecule has 22 heavy (non-hydrogen) atoms. The maximum absolute atomic E-state index is 13.8. The van der Waals surface area contributed by atoms with Crippen LogP contribution in [0.15, 0.2) is 18.2 Å². The first-order valence-electron chi connectivity index (χ1n) is 7.96. The lowest BCUT2D eigenvalue weighted by molar-refractivity contribution is -0.132. The Morgan fingerprint density at radius 2 is 2.18 bits per heavy atom. The fourth-order valence-corrected chi connectivity index (χ4v) is 3.95. The van der Waals surface area contributed by atoms with Crippen molar-refractivity contribution in [3.63, 3.8) is 0 Å². The molecule has 1 aromatic carbocycles. The van der Waals surface area contributed by atoms with Crippen LogP contribution >= 0.6 is 0 Å². The van der Waals surface area contributed by atoms with Crippen molar-refractivity contribution in [1.82, 2.24) is 4.90 Å². The highest BCUT2D eigenvalue weighted by atomic mass is 19.1. The Bertz CT molecular complexity index is 613. The smallest absolute Gasteiger partial charge is 0.226 e. The summed E-state index contributed by atoms with van der Waals surface area (Å²) in [5.74, 6) is -1.18. The molecule has 118 valence electrons. The van der Waals surface area contributed by atoms with Gasteiger partial charge in [0.15, 0.2) is 0 Å². The first-order chi connectivity index (χ1) is 10.6. The zero-order valence-corrected chi connectivity index (χ0v) is 12.4. The molecule has 1 saturated carbocycles. The van der Waals surface area contributed by atoms with Crippen LogP contribution in [0.3, 0.4) is 0 Å². The number of carbonyl (C=O) groups excluding carboxylic acids is 1. The quantitative estimate of drug-likeness (QED) is 0.841.